The number of benzene rings is 2. The molecule has 1 saturated heterocycles. The molecule has 0 bridgehead atoms. The second-order valence-corrected chi connectivity index (χ2v) is 9.45. The minimum absolute atomic E-state index is 0.0246. The molecule has 4 rings (SSSR count). The average molecular weight is 543 g/mol. The number of halogens is 3. The fraction of sp³-hybridized carbons (Fsp3) is 0.357. The van der Waals surface area contributed by atoms with Crippen molar-refractivity contribution in [1.29, 1.82) is 0 Å². The first kappa shape index (κ1) is 27.9. The Kier molecular flexibility index (Phi) is 8.68. The first-order valence-electron chi connectivity index (χ1n) is 12.5. The largest absolute Gasteiger partial charge is 0.469 e. The van der Waals surface area contributed by atoms with E-state index in [1.807, 2.05) is 12.1 Å². The van der Waals surface area contributed by atoms with E-state index in [-0.39, 0.29) is 30.4 Å². The number of nitrogens with one attached hydrogen (secondary N) is 1. The number of likely N-dealkylation sites (tertiary alicyclic amines) is 1. The summed E-state index contributed by atoms with van der Waals surface area (Å²) in [6.07, 6.45) is -3.57. The van der Waals surface area contributed by atoms with Gasteiger partial charge in [-0.25, -0.2) is 14.8 Å². The highest BCUT2D eigenvalue weighted by Crippen LogP contribution is 2.37. The number of carboxylic acid groups (broad SMARTS) is 1. The van der Waals surface area contributed by atoms with Crippen LogP contribution in [0.15, 0.2) is 60.8 Å². The minimum atomic E-state index is -4.71. The Morgan fingerprint density at radius 3 is 2.36 bits per heavy atom. The van der Waals surface area contributed by atoms with Crippen LogP contribution in [-0.2, 0) is 22.1 Å². The number of alkyl halides is 3. The predicted molar refractivity (Wildman–Crippen MR) is 138 cm³/mol. The van der Waals surface area contributed by atoms with Crippen LogP contribution in [-0.4, -0.2) is 52.2 Å². The van der Waals surface area contributed by atoms with E-state index in [1.54, 1.807) is 42.5 Å². The van der Waals surface area contributed by atoms with E-state index in [0.717, 1.165) is 17.3 Å². The molecule has 0 aliphatic carbocycles. The third-order valence-corrected chi connectivity index (χ3v) is 6.88. The van der Waals surface area contributed by atoms with Crippen molar-refractivity contribution in [2.75, 3.05) is 25.5 Å². The number of carbonyl (C=O) groups is 2. The van der Waals surface area contributed by atoms with Gasteiger partial charge in [0, 0.05) is 30.9 Å². The minimum Gasteiger partial charge on any atom is -0.469 e. The van der Waals surface area contributed by atoms with E-state index in [9.17, 15) is 22.8 Å². The van der Waals surface area contributed by atoms with Gasteiger partial charge >= 0.3 is 18.2 Å². The summed E-state index contributed by atoms with van der Waals surface area (Å²) in [5, 5.41) is 12.1. The smallest absolute Gasteiger partial charge is 0.419 e. The van der Waals surface area contributed by atoms with E-state index in [2.05, 4.69) is 15.3 Å². The van der Waals surface area contributed by atoms with E-state index in [4.69, 9.17) is 9.84 Å². The molecule has 3 aromatic rings. The molecule has 1 fully saturated rings. The third kappa shape index (κ3) is 7.24. The van der Waals surface area contributed by atoms with Crippen LogP contribution in [0, 0.1) is 0 Å². The van der Waals surface area contributed by atoms with Crippen LogP contribution in [0.4, 0.5) is 29.6 Å². The lowest BCUT2D eigenvalue weighted by Gasteiger charge is -2.30. The molecule has 1 amide bonds. The maximum Gasteiger partial charge on any atom is 0.419 e. The number of hydrogen-bond donors (Lipinski definition) is 2. The van der Waals surface area contributed by atoms with E-state index in [0.29, 0.717) is 31.6 Å². The zero-order chi connectivity index (χ0) is 28.0. The first-order chi connectivity index (χ1) is 18.6. The zero-order valence-corrected chi connectivity index (χ0v) is 21.3. The number of carbonyl (C=O) groups excluding carboxylic acids is 1. The van der Waals surface area contributed by atoms with Crippen molar-refractivity contribution in [2.45, 2.75) is 43.7 Å². The SMILES string of the molecule is COC(=O)CC(Cc1ccccc1)c1nc(Nc2ccc(C3CCN(C(=O)O)CC3)cc2)ncc1C(F)(F)F. The van der Waals surface area contributed by atoms with Gasteiger partial charge in [-0.2, -0.15) is 13.2 Å². The number of piperidine rings is 1. The topological polar surface area (TPSA) is 105 Å². The lowest BCUT2D eigenvalue weighted by Crippen LogP contribution is -2.36. The van der Waals surface area contributed by atoms with Crippen molar-refractivity contribution in [3.05, 3.63) is 83.2 Å². The number of esters is 1. The lowest BCUT2D eigenvalue weighted by atomic mass is 9.89. The van der Waals surface area contributed by atoms with Crippen LogP contribution >= 0.6 is 0 Å². The molecule has 1 atom stereocenters. The maximum atomic E-state index is 14.0. The summed E-state index contributed by atoms with van der Waals surface area (Å²) in [7, 11) is 1.19. The van der Waals surface area contributed by atoms with Crippen molar-refractivity contribution in [2.24, 2.45) is 0 Å². The average Bonchev–Trinajstić information content (AvgIpc) is 2.93. The Hall–Kier alpha value is -4.15. The van der Waals surface area contributed by atoms with Crippen LogP contribution < -0.4 is 5.32 Å². The van der Waals surface area contributed by atoms with Gasteiger partial charge in [-0.3, -0.25) is 4.79 Å². The number of ether oxygens (including phenoxy) is 1. The van der Waals surface area contributed by atoms with Gasteiger partial charge in [0.25, 0.3) is 0 Å². The third-order valence-electron chi connectivity index (χ3n) is 6.88. The maximum absolute atomic E-state index is 14.0. The molecule has 11 heteroatoms. The van der Waals surface area contributed by atoms with Crippen LogP contribution in [0.3, 0.4) is 0 Å². The molecular formula is C28H29F3N4O4. The quantitative estimate of drug-likeness (QED) is 0.337. The highest BCUT2D eigenvalue weighted by atomic mass is 19.4. The molecule has 8 nitrogen and oxygen atoms in total. The van der Waals surface area contributed by atoms with E-state index < -0.39 is 29.7 Å². The molecule has 0 radical (unpaired) electrons. The van der Waals surface area contributed by atoms with Crippen LogP contribution in [0.25, 0.3) is 0 Å². The normalized spacial score (nSPS) is 15.0. The molecule has 2 heterocycles. The zero-order valence-electron chi connectivity index (χ0n) is 21.3. The summed E-state index contributed by atoms with van der Waals surface area (Å²) in [5.74, 6) is -1.33. The van der Waals surface area contributed by atoms with Gasteiger partial charge in [0.2, 0.25) is 5.95 Å². The summed E-state index contributed by atoms with van der Waals surface area (Å²) in [6, 6.07) is 16.3. The fourth-order valence-corrected chi connectivity index (χ4v) is 4.81. The standard InChI is InChI=1S/C28H29F3N4O4/c1-39-24(36)16-21(15-18-5-3-2-4-6-18)25-23(28(29,30)31)17-32-26(34-25)33-22-9-7-19(8-10-22)20-11-13-35(14-12-20)27(37)38/h2-10,17,20-21H,11-16H2,1H3,(H,37,38)(H,32,33,34). The van der Waals surface area contributed by atoms with Crippen molar-refractivity contribution in [3.8, 4) is 0 Å². The van der Waals surface area contributed by atoms with Gasteiger partial charge in [0.1, 0.15) is 0 Å². The Bertz CT molecular complexity index is 1280. The molecule has 1 aromatic heterocycles. The Balaban J connectivity index is 1.57. The number of nitrogens with zero attached hydrogens (tertiary/aromatic N) is 3. The Labute approximate surface area is 223 Å². The number of rotatable bonds is 8. The molecule has 206 valence electrons. The van der Waals surface area contributed by atoms with Gasteiger partial charge in [-0.05, 0) is 48.4 Å². The molecule has 0 saturated carbocycles. The molecule has 39 heavy (non-hydrogen) atoms. The summed E-state index contributed by atoms with van der Waals surface area (Å²) >= 11 is 0. The lowest BCUT2D eigenvalue weighted by molar-refractivity contribution is -0.143. The summed E-state index contributed by atoms with van der Waals surface area (Å²) in [4.78, 5) is 32.8. The summed E-state index contributed by atoms with van der Waals surface area (Å²) in [6.45, 7) is 0.940. The molecule has 2 N–H and O–H groups in total. The summed E-state index contributed by atoms with van der Waals surface area (Å²) in [5.41, 5.74) is 1.12. The number of aromatic nitrogens is 2. The van der Waals surface area contributed by atoms with Crippen molar-refractivity contribution < 1.29 is 32.6 Å². The molecule has 0 spiro atoms. The molecule has 1 unspecified atom stereocenters. The van der Waals surface area contributed by atoms with Crippen molar-refractivity contribution >= 4 is 23.7 Å². The van der Waals surface area contributed by atoms with E-state index in [1.165, 1.54) is 12.0 Å². The van der Waals surface area contributed by atoms with Gasteiger partial charge in [0.05, 0.1) is 24.8 Å². The van der Waals surface area contributed by atoms with Crippen LogP contribution in [0.2, 0.25) is 0 Å². The fourth-order valence-electron chi connectivity index (χ4n) is 4.81. The Morgan fingerprint density at radius 1 is 1.10 bits per heavy atom. The van der Waals surface area contributed by atoms with Crippen molar-refractivity contribution in [3.63, 3.8) is 0 Å². The van der Waals surface area contributed by atoms with E-state index >= 15 is 0 Å². The number of methoxy groups -OCH3 is 1. The molecular weight excluding hydrogens is 513 g/mol. The van der Waals surface area contributed by atoms with Crippen molar-refractivity contribution in [1.82, 2.24) is 14.9 Å². The predicted octanol–water partition coefficient (Wildman–Crippen LogP) is 5.99. The monoisotopic (exact) mass is 542 g/mol. The molecule has 1 aliphatic heterocycles. The van der Waals surface area contributed by atoms with Crippen LogP contribution in [0.1, 0.15) is 53.5 Å². The van der Waals surface area contributed by atoms with Gasteiger partial charge in [-0.1, -0.05) is 42.5 Å². The second kappa shape index (κ2) is 12.1. The van der Waals surface area contributed by atoms with Gasteiger partial charge in [0.15, 0.2) is 0 Å². The van der Waals surface area contributed by atoms with Gasteiger partial charge in [-0.15, -0.1) is 0 Å². The molecule has 1 aliphatic rings. The number of anilines is 2. The summed E-state index contributed by atoms with van der Waals surface area (Å²) < 4.78 is 46.6. The Morgan fingerprint density at radius 2 is 1.77 bits per heavy atom. The highest BCUT2D eigenvalue weighted by Gasteiger charge is 2.38. The first-order valence-corrected chi connectivity index (χ1v) is 12.5. The molecule has 2 aromatic carbocycles. The second-order valence-electron chi connectivity index (χ2n) is 9.45. The number of amides is 1. The van der Waals surface area contributed by atoms with Gasteiger partial charge < -0.3 is 20.1 Å². The highest BCUT2D eigenvalue weighted by molar-refractivity contribution is 5.70. The number of hydrogen-bond acceptors (Lipinski definition) is 6. The van der Waals surface area contributed by atoms with Crippen LogP contribution in [0.5, 0.6) is 0 Å².